The molecule has 1 aliphatic carbocycles. The second-order valence-corrected chi connectivity index (χ2v) is 7.58. The van der Waals surface area contributed by atoms with E-state index in [1.807, 2.05) is 0 Å². The number of aliphatic imine (C=N–C) groups is 1. The third kappa shape index (κ3) is 4.54. The first-order valence-electron chi connectivity index (χ1n) is 7.35. The maximum absolute atomic E-state index is 11.5. The molecular weight excluding hydrogens is 286 g/mol. The second kappa shape index (κ2) is 7.04. The zero-order valence-electron chi connectivity index (χ0n) is 12.4. The summed E-state index contributed by atoms with van der Waals surface area (Å²) in [6.07, 6.45) is 8.35. The number of rotatable bonds is 3. The SMILES string of the molecule is CS(=O)(=O)c1ccc(C(=NC2CCCCCC2)NN)cc1. The van der Waals surface area contributed by atoms with E-state index in [-0.39, 0.29) is 0 Å². The first-order chi connectivity index (χ1) is 10.0. The van der Waals surface area contributed by atoms with Crippen LogP contribution in [0.2, 0.25) is 0 Å². The molecule has 0 saturated heterocycles. The van der Waals surface area contributed by atoms with Gasteiger partial charge in [0.2, 0.25) is 0 Å². The van der Waals surface area contributed by atoms with E-state index >= 15 is 0 Å². The van der Waals surface area contributed by atoms with Crippen LogP contribution in [0.4, 0.5) is 0 Å². The minimum Gasteiger partial charge on any atom is -0.308 e. The Morgan fingerprint density at radius 3 is 2.19 bits per heavy atom. The maximum Gasteiger partial charge on any atom is 0.175 e. The highest BCUT2D eigenvalue weighted by molar-refractivity contribution is 7.90. The lowest BCUT2D eigenvalue weighted by atomic mass is 10.1. The Morgan fingerprint density at radius 2 is 1.71 bits per heavy atom. The van der Waals surface area contributed by atoms with Gasteiger partial charge in [-0.1, -0.05) is 25.7 Å². The predicted octanol–water partition coefficient (Wildman–Crippen LogP) is 2.02. The molecule has 116 valence electrons. The molecule has 0 aliphatic heterocycles. The molecule has 0 atom stereocenters. The summed E-state index contributed by atoms with van der Waals surface area (Å²) in [7, 11) is -3.18. The van der Waals surface area contributed by atoms with Crippen molar-refractivity contribution < 1.29 is 8.42 Å². The number of benzene rings is 1. The topological polar surface area (TPSA) is 84.5 Å². The summed E-state index contributed by atoms with van der Waals surface area (Å²) in [4.78, 5) is 5.01. The summed E-state index contributed by atoms with van der Waals surface area (Å²) >= 11 is 0. The van der Waals surface area contributed by atoms with Crippen LogP contribution in [0.5, 0.6) is 0 Å². The first-order valence-corrected chi connectivity index (χ1v) is 9.25. The summed E-state index contributed by atoms with van der Waals surface area (Å²) in [5.41, 5.74) is 3.46. The van der Waals surface area contributed by atoms with Crippen LogP contribution in [0.3, 0.4) is 0 Å². The molecule has 6 heteroatoms. The van der Waals surface area contributed by atoms with E-state index in [0.717, 1.165) is 18.4 Å². The van der Waals surface area contributed by atoms with Gasteiger partial charge >= 0.3 is 0 Å². The van der Waals surface area contributed by atoms with E-state index in [4.69, 9.17) is 10.8 Å². The van der Waals surface area contributed by atoms with Gasteiger partial charge in [0.25, 0.3) is 0 Å². The number of hydrazine groups is 1. The molecule has 0 heterocycles. The van der Waals surface area contributed by atoms with Gasteiger partial charge in [0, 0.05) is 11.8 Å². The molecule has 1 aromatic rings. The lowest BCUT2D eigenvalue weighted by Gasteiger charge is -2.13. The van der Waals surface area contributed by atoms with E-state index in [0.29, 0.717) is 16.8 Å². The number of hydrogen-bond acceptors (Lipinski definition) is 4. The van der Waals surface area contributed by atoms with Crippen molar-refractivity contribution in [2.45, 2.75) is 49.5 Å². The fraction of sp³-hybridized carbons (Fsp3) is 0.533. The molecule has 2 rings (SSSR count). The third-order valence-electron chi connectivity index (χ3n) is 3.83. The molecule has 5 nitrogen and oxygen atoms in total. The zero-order chi connectivity index (χ0) is 15.3. The molecule has 0 bridgehead atoms. The Labute approximate surface area is 126 Å². The van der Waals surface area contributed by atoms with Crippen LogP contribution in [0.15, 0.2) is 34.2 Å². The van der Waals surface area contributed by atoms with Gasteiger partial charge in [0.05, 0.1) is 10.9 Å². The Bertz CT molecular complexity index is 586. The van der Waals surface area contributed by atoms with Gasteiger partial charge in [-0.2, -0.15) is 0 Å². The molecular formula is C15H23N3O2S. The molecule has 1 aromatic carbocycles. The summed E-state index contributed by atoms with van der Waals surface area (Å²) in [5.74, 6) is 6.21. The smallest absolute Gasteiger partial charge is 0.175 e. The molecule has 1 fully saturated rings. The van der Waals surface area contributed by atoms with Crippen molar-refractivity contribution in [2.75, 3.05) is 6.26 Å². The lowest BCUT2D eigenvalue weighted by Crippen LogP contribution is -2.32. The van der Waals surface area contributed by atoms with Gasteiger partial charge < -0.3 is 5.43 Å². The first kappa shape index (κ1) is 16.0. The molecule has 0 amide bonds. The Balaban J connectivity index is 2.20. The van der Waals surface area contributed by atoms with Crippen LogP contribution in [0.1, 0.15) is 44.1 Å². The number of hydrogen-bond donors (Lipinski definition) is 2. The molecule has 0 radical (unpaired) electrons. The normalized spacial score (nSPS) is 18.3. The highest BCUT2D eigenvalue weighted by Crippen LogP contribution is 2.20. The van der Waals surface area contributed by atoms with Crippen molar-refractivity contribution >= 4 is 15.7 Å². The van der Waals surface area contributed by atoms with Crippen LogP contribution < -0.4 is 11.3 Å². The van der Waals surface area contributed by atoms with Gasteiger partial charge in [-0.25, -0.2) is 14.3 Å². The number of nitrogens with zero attached hydrogens (tertiary/aromatic N) is 1. The lowest BCUT2D eigenvalue weighted by molar-refractivity contribution is 0.583. The fourth-order valence-corrected chi connectivity index (χ4v) is 3.26. The van der Waals surface area contributed by atoms with Crippen LogP contribution in [-0.2, 0) is 9.84 Å². The largest absolute Gasteiger partial charge is 0.308 e. The Hall–Kier alpha value is -1.40. The van der Waals surface area contributed by atoms with Crippen LogP contribution in [-0.4, -0.2) is 26.6 Å². The highest BCUT2D eigenvalue weighted by atomic mass is 32.2. The van der Waals surface area contributed by atoms with Gasteiger partial charge in [-0.05, 0) is 37.1 Å². The van der Waals surface area contributed by atoms with E-state index in [1.165, 1.54) is 31.9 Å². The van der Waals surface area contributed by atoms with Crippen molar-refractivity contribution in [2.24, 2.45) is 10.8 Å². The van der Waals surface area contributed by atoms with Crippen molar-refractivity contribution in [3.05, 3.63) is 29.8 Å². The summed E-state index contributed by atoms with van der Waals surface area (Å²) in [6.45, 7) is 0. The average molecular weight is 309 g/mol. The second-order valence-electron chi connectivity index (χ2n) is 5.56. The van der Waals surface area contributed by atoms with E-state index in [2.05, 4.69) is 5.43 Å². The Kier molecular flexibility index (Phi) is 5.36. The average Bonchev–Trinajstić information content (AvgIpc) is 2.72. The molecule has 3 N–H and O–H groups in total. The van der Waals surface area contributed by atoms with Gasteiger partial charge in [0.15, 0.2) is 9.84 Å². The minimum atomic E-state index is -3.18. The molecule has 0 unspecified atom stereocenters. The molecule has 0 aromatic heterocycles. The van der Waals surface area contributed by atoms with E-state index in [9.17, 15) is 8.42 Å². The standard InChI is InChI=1S/C15H23N3O2S/c1-21(19,20)14-10-8-12(9-11-14)15(18-16)17-13-6-4-2-3-5-7-13/h8-11,13H,2-7,16H2,1H3,(H,17,18). The van der Waals surface area contributed by atoms with Crippen LogP contribution >= 0.6 is 0 Å². The monoisotopic (exact) mass is 309 g/mol. The predicted molar refractivity (Wildman–Crippen MR) is 84.9 cm³/mol. The zero-order valence-corrected chi connectivity index (χ0v) is 13.2. The van der Waals surface area contributed by atoms with Crippen molar-refractivity contribution in [3.8, 4) is 0 Å². The molecule has 0 spiro atoms. The highest BCUT2D eigenvalue weighted by Gasteiger charge is 2.13. The van der Waals surface area contributed by atoms with Crippen molar-refractivity contribution in [1.29, 1.82) is 0 Å². The summed E-state index contributed by atoms with van der Waals surface area (Å²) in [6, 6.07) is 6.96. The van der Waals surface area contributed by atoms with Crippen LogP contribution in [0.25, 0.3) is 0 Å². The van der Waals surface area contributed by atoms with Crippen molar-refractivity contribution in [1.82, 2.24) is 5.43 Å². The van der Waals surface area contributed by atoms with Gasteiger partial charge in [-0.3, -0.25) is 4.99 Å². The summed E-state index contributed by atoms with van der Waals surface area (Å²) < 4.78 is 22.9. The van der Waals surface area contributed by atoms with E-state index < -0.39 is 9.84 Å². The summed E-state index contributed by atoms with van der Waals surface area (Å²) in [5, 5.41) is 0. The minimum absolute atomic E-state index is 0.299. The number of nitrogens with two attached hydrogens (primary N) is 1. The maximum atomic E-state index is 11.5. The Morgan fingerprint density at radius 1 is 1.14 bits per heavy atom. The molecule has 1 saturated carbocycles. The van der Waals surface area contributed by atoms with E-state index in [1.54, 1.807) is 24.3 Å². The van der Waals surface area contributed by atoms with Crippen LogP contribution in [0, 0.1) is 0 Å². The van der Waals surface area contributed by atoms with Gasteiger partial charge in [0.1, 0.15) is 5.84 Å². The quantitative estimate of drug-likeness (QED) is 0.294. The molecule has 1 aliphatic rings. The number of sulfone groups is 1. The fourth-order valence-electron chi connectivity index (χ4n) is 2.62. The number of nitrogens with one attached hydrogen (secondary N) is 1. The third-order valence-corrected chi connectivity index (χ3v) is 4.96. The van der Waals surface area contributed by atoms with Crippen molar-refractivity contribution in [3.63, 3.8) is 0 Å². The molecule has 21 heavy (non-hydrogen) atoms. The van der Waals surface area contributed by atoms with Gasteiger partial charge in [-0.15, -0.1) is 0 Å². The number of amidine groups is 1.